The third-order valence-electron chi connectivity index (χ3n) is 3.49. The van der Waals surface area contributed by atoms with Gasteiger partial charge in [-0.25, -0.2) is 4.79 Å². The highest BCUT2D eigenvalue weighted by Crippen LogP contribution is 2.29. The molecule has 11 heteroatoms. The molecule has 0 heterocycles. The van der Waals surface area contributed by atoms with Crippen molar-refractivity contribution >= 4 is 23.3 Å². The van der Waals surface area contributed by atoms with E-state index in [1.165, 1.54) is 0 Å². The van der Waals surface area contributed by atoms with Crippen molar-refractivity contribution in [2.24, 2.45) is 0 Å². The molecule has 2 aromatic carbocycles. The van der Waals surface area contributed by atoms with Gasteiger partial charge in [0.15, 0.2) is 6.10 Å². The van der Waals surface area contributed by atoms with E-state index in [9.17, 15) is 37.3 Å². The van der Waals surface area contributed by atoms with Crippen LogP contribution in [0.25, 0.3) is 0 Å². The number of nitrogens with zero attached hydrogens (tertiary/aromatic N) is 1. The van der Waals surface area contributed by atoms with Crippen LogP contribution < -0.4 is 5.32 Å². The number of nitro groups is 1. The number of carbonyl (C=O) groups excluding carboxylic acids is 2. The van der Waals surface area contributed by atoms with Crippen molar-refractivity contribution in [2.75, 3.05) is 5.32 Å². The molecule has 0 fully saturated rings. The molecule has 2 rings (SSSR count). The summed E-state index contributed by atoms with van der Waals surface area (Å²) in [7, 11) is 0. The van der Waals surface area contributed by atoms with E-state index in [1.807, 2.05) is 0 Å². The summed E-state index contributed by atoms with van der Waals surface area (Å²) >= 11 is 0. The first-order valence-corrected chi connectivity index (χ1v) is 7.62. The zero-order valence-electron chi connectivity index (χ0n) is 14.1. The summed E-state index contributed by atoms with van der Waals surface area (Å²) in [5.41, 5.74) is -2.46. The Bertz CT molecular complexity index is 930. The first-order chi connectivity index (χ1) is 13.0. The monoisotopic (exact) mass is 400 g/mol. The lowest BCUT2D eigenvalue weighted by Crippen LogP contribution is -2.30. The quantitative estimate of drug-likeness (QED) is 0.355. The fraction of sp³-hybridized carbons (Fsp3) is 0.176. The molecule has 0 aromatic heterocycles. The average Bonchev–Trinajstić information content (AvgIpc) is 2.62. The number of carbonyl (C=O) groups is 2. The minimum Gasteiger partial charge on any atom is -0.449 e. The fourth-order valence-corrected chi connectivity index (χ4v) is 2.08. The average molecular weight is 400 g/mol. The third kappa shape index (κ3) is 5.02. The Kier molecular flexibility index (Phi) is 5.96. The van der Waals surface area contributed by atoms with Crippen LogP contribution in [0.3, 0.4) is 0 Å². The molecule has 28 heavy (non-hydrogen) atoms. The summed E-state index contributed by atoms with van der Waals surface area (Å²) < 4.78 is 56.2. The fourth-order valence-electron chi connectivity index (χ4n) is 2.08. The van der Waals surface area contributed by atoms with Gasteiger partial charge in [-0.3, -0.25) is 14.9 Å². The highest BCUT2D eigenvalue weighted by molar-refractivity contribution is 5.97. The second-order valence-corrected chi connectivity index (χ2v) is 5.54. The first-order valence-electron chi connectivity index (χ1n) is 7.62. The Morgan fingerprint density at radius 2 is 1.86 bits per heavy atom. The number of hydrogen-bond acceptors (Lipinski definition) is 5. The number of nitro benzene ring substituents is 1. The maximum atomic E-state index is 13.3. The molecule has 0 unspecified atom stereocenters. The Morgan fingerprint density at radius 1 is 1.18 bits per heavy atom. The van der Waals surface area contributed by atoms with E-state index in [0.717, 1.165) is 43.3 Å². The summed E-state index contributed by atoms with van der Waals surface area (Å²) in [5, 5.41) is 12.9. The van der Waals surface area contributed by atoms with E-state index in [-0.39, 0.29) is 5.69 Å². The molecule has 148 valence electrons. The lowest BCUT2D eigenvalue weighted by atomic mass is 10.1. The van der Waals surface area contributed by atoms with Gasteiger partial charge >= 0.3 is 17.8 Å². The normalized spacial score (nSPS) is 12.2. The molecule has 7 nitrogen and oxygen atoms in total. The predicted octanol–water partition coefficient (Wildman–Crippen LogP) is 3.94. The van der Waals surface area contributed by atoms with Crippen molar-refractivity contribution in [1.82, 2.24) is 0 Å². The van der Waals surface area contributed by atoms with Crippen LogP contribution in [0, 0.1) is 15.9 Å². The maximum absolute atomic E-state index is 13.3. The lowest BCUT2D eigenvalue weighted by molar-refractivity contribution is -0.387. The van der Waals surface area contributed by atoms with Crippen LogP contribution in [0.15, 0.2) is 42.5 Å². The summed E-state index contributed by atoms with van der Waals surface area (Å²) in [6, 6.07) is 6.06. The standard InChI is InChI=1S/C17H12F4N2O5/c1-9(15(24)22-12-5-6-13(18)14(8-12)23(26)27)28-16(25)10-3-2-4-11(7-10)17(19,20)21/h2-9H,1H3,(H,22,24)/t9-/m1/s1. The Hall–Kier alpha value is -3.50. The molecule has 1 atom stereocenters. The molecule has 2 aromatic rings. The minimum atomic E-state index is -4.66. The van der Waals surface area contributed by atoms with Crippen LogP contribution in [0.2, 0.25) is 0 Å². The summed E-state index contributed by atoms with van der Waals surface area (Å²) in [4.78, 5) is 33.7. The van der Waals surface area contributed by atoms with E-state index >= 15 is 0 Å². The van der Waals surface area contributed by atoms with Gasteiger partial charge in [0.1, 0.15) is 0 Å². The number of ether oxygens (including phenoxy) is 1. The van der Waals surface area contributed by atoms with E-state index in [4.69, 9.17) is 4.74 Å². The van der Waals surface area contributed by atoms with Crippen LogP contribution in [0.1, 0.15) is 22.8 Å². The SMILES string of the molecule is C[C@@H](OC(=O)c1cccc(C(F)(F)F)c1)C(=O)Nc1ccc(F)c([N+](=O)[O-])c1. The van der Waals surface area contributed by atoms with E-state index in [0.29, 0.717) is 6.07 Å². The van der Waals surface area contributed by atoms with Gasteiger partial charge in [-0.1, -0.05) is 6.07 Å². The van der Waals surface area contributed by atoms with Gasteiger partial charge in [-0.05, 0) is 37.3 Å². The van der Waals surface area contributed by atoms with Crippen molar-refractivity contribution in [1.29, 1.82) is 0 Å². The highest BCUT2D eigenvalue weighted by Gasteiger charge is 2.31. The van der Waals surface area contributed by atoms with Gasteiger partial charge in [0.25, 0.3) is 5.91 Å². The number of hydrogen-bond donors (Lipinski definition) is 1. The Labute approximate surface area is 155 Å². The van der Waals surface area contributed by atoms with Crippen molar-refractivity contribution in [2.45, 2.75) is 19.2 Å². The number of esters is 1. The number of alkyl halides is 3. The van der Waals surface area contributed by atoms with E-state index < -0.39 is 51.7 Å². The second kappa shape index (κ2) is 8.03. The first kappa shape index (κ1) is 20.8. The molecule has 0 saturated carbocycles. The number of rotatable bonds is 5. The van der Waals surface area contributed by atoms with Crippen LogP contribution in [-0.2, 0) is 15.7 Å². The molecule has 0 aliphatic heterocycles. The Morgan fingerprint density at radius 3 is 2.46 bits per heavy atom. The maximum Gasteiger partial charge on any atom is 0.416 e. The van der Waals surface area contributed by atoms with Crippen LogP contribution >= 0.6 is 0 Å². The topological polar surface area (TPSA) is 98.5 Å². The van der Waals surface area contributed by atoms with Crippen LogP contribution in [0.4, 0.5) is 28.9 Å². The van der Waals surface area contributed by atoms with Crippen molar-refractivity contribution < 1.29 is 36.8 Å². The second-order valence-electron chi connectivity index (χ2n) is 5.54. The zero-order valence-corrected chi connectivity index (χ0v) is 14.1. The van der Waals surface area contributed by atoms with Crippen molar-refractivity contribution in [3.63, 3.8) is 0 Å². The van der Waals surface area contributed by atoms with Gasteiger partial charge in [0, 0.05) is 11.8 Å². The summed E-state index contributed by atoms with van der Waals surface area (Å²) in [5.74, 6) is -3.19. The number of anilines is 1. The predicted molar refractivity (Wildman–Crippen MR) is 88.0 cm³/mol. The smallest absolute Gasteiger partial charge is 0.416 e. The van der Waals surface area contributed by atoms with Gasteiger partial charge < -0.3 is 10.1 Å². The number of benzene rings is 2. The highest BCUT2D eigenvalue weighted by atomic mass is 19.4. The molecule has 0 aliphatic carbocycles. The zero-order chi connectivity index (χ0) is 21.1. The molecule has 0 aliphatic rings. The van der Waals surface area contributed by atoms with Gasteiger partial charge in [0.2, 0.25) is 5.82 Å². The van der Waals surface area contributed by atoms with Gasteiger partial charge in [-0.15, -0.1) is 0 Å². The minimum absolute atomic E-state index is 0.125. The van der Waals surface area contributed by atoms with E-state index in [2.05, 4.69) is 5.32 Å². The van der Waals surface area contributed by atoms with Gasteiger partial charge in [0.05, 0.1) is 16.1 Å². The molecular weight excluding hydrogens is 388 g/mol. The summed E-state index contributed by atoms with van der Waals surface area (Å²) in [6.45, 7) is 1.15. The molecule has 0 spiro atoms. The Balaban J connectivity index is 2.07. The molecule has 0 radical (unpaired) electrons. The third-order valence-corrected chi connectivity index (χ3v) is 3.49. The molecule has 1 amide bonds. The number of amides is 1. The lowest BCUT2D eigenvalue weighted by Gasteiger charge is -2.14. The molecular formula is C17H12F4N2O5. The molecule has 0 saturated heterocycles. The van der Waals surface area contributed by atoms with E-state index in [1.54, 1.807) is 0 Å². The van der Waals surface area contributed by atoms with Crippen LogP contribution in [0.5, 0.6) is 0 Å². The van der Waals surface area contributed by atoms with Gasteiger partial charge in [-0.2, -0.15) is 17.6 Å². The molecule has 1 N–H and O–H groups in total. The number of nitrogens with one attached hydrogen (secondary N) is 1. The van der Waals surface area contributed by atoms with Crippen molar-refractivity contribution in [3.8, 4) is 0 Å². The number of halogens is 4. The summed E-state index contributed by atoms with van der Waals surface area (Å²) in [6.07, 6.45) is -6.09. The largest absolute Gasteiger partial charge is 0.449 e. The molecule has 0 bridgehead atoms. The van der Waals surface area contributed by atoms with Crippen LogP contribution in [-0.4, -0.2) is 22.9 Å². The van der Waals surface area contributed by atoms with Crippen molar-refractivity contribution in [3.05, 3.63) is 69.5 Å².